The van der Waals surface area contributed by atoms with Gasteiger partial charge in [0, 0.05) is 11.1 Å². The van der Waals surface area contributed by atoms with Crippen LogP contribution < -0.4 is 14.2 Å². The normalized spacial score (nSPS) is 10.5. The molecule has 150 valence electrons. The summed E-state index contributed by atoms with van der Waals surface area (Å²) in [5, 5.41) is 0. The highest BCUT2D eigenvalue weighted by atomic mass is 16.5. The summed E-state index contributed by atoms with van der Waals surface area (Å²) in [7, 11) is 5.02. The molecule has 1 heterocycles. The zero-order valence-electron chi connectivity index (χ0n) is 17.3. The van der Waals surface area contributed by atoms with Gasteiger partial charge >= 0.3 is 0 Å². The highest BCUT2D eigenvalue weighted by molar-refractivity contribution is 5.80. The predicted octanol–water partition coefficient (Wildman–Crippen LogP) is 6.11. The summed E-state index contributed by atoms with van der Waals surface area (Å²) in [6.45, 7) is 0. The van der Waals surface area contributed by atoms with Crippen LogP contribution in [0.15, 0.2) is 84.9 Å². The molecule has 0 atom stereocenters. The molecule has 0 aliphatic rings. The molecule has 0 fully saturated rings. The Balaban J connectivity index is 1.96. The van der Waals surface area contributed by atoms with Crippen molar-refractivity contribution in [2.24, 2.45) is 0 Å². The number of pyridine rings is 1. The van der Waals surface area contributed by atoms with Crippen molar-refractivity contribution < 1.29 is 14.2 Å². The molecule has 0 amide bonds. The van der Waals surface area contributed by atoms with Gasteiger partial charge in [0.2, 0.25) is 0 Å². The maximum absolute atomic E-state index is 5.59. The third kappa shape index (κ3) is 3.85. The molecular formula is C26H23NO3. The van der Waals surface area contributed by atoms with E-state index in [-0.39, 0.29) is 0 Å². The fraction of sp³-hybridized carbons (Fsp3) is 0.115. The topological polar surface area (TPSA) is 40.6 Å². The zero-order valence-corrected chi connectivity index (χ0v) is 17.3. The average Bonchev–Trinajstić information content (AvgIpc) is 2.83. The number of para-hydroxylation sites is 2. The molecule has 0 N–H and O–H groups in total. The van der Waals surface area contributed by atoms with E-state index >= 15 is 0 Å². The number of rotatable bonds is 6. The molecule has 0 saturated heterocycles. The standard InChI is InChI=1S/C26H23NO3/c1-28-20-10-8-9-18(15-20)19-16-23(21-11-4-6-13-25(21)29-2)27-24(17-19)22-12-5-7-14-26(22)30-3/h4-17H,1-3H3. The summed E-state index contributed by atoms with van der Waals surface area (Å²) in [4.78, 5) is 4.97. The van der Waals surface area contributed by atoms with Crippen molar-refractivity contribution in [2.75, 3.05) is 21.3 Å². The predicted molar refractivity (Wildman–Crippen MR) is 120 cm³/mol. The summed E-state index contributed by atoms with van der Waals surface area (Å²) in [6, 6.07) is 28.0. The quantitative estimate of drug-likeness (QED) is 0.394. The molecular weight excluding hydrogens is 374 g/mol. The Labute approximate surface area is 176 Å². The number of benzene rings is 3. The average molecular weight is 397 g/mol. The summed E-state index contributed by atoms with van der Waals surface area (Å²) >= 11 is 0. The van der Waals surface area contributed by atoms with E-state index in [9.17, 15) is 0 Å². The molecule has 4 aromatic rings. The van der Waals surface area contributed by atoms with Gasteiger partial charge in [-0.1, -0.05) is 36.4 Å². The summed E-state index contributed by atoms with van der Waals surface area (Å²) in [5.41, 5.74) is 5.60. The second kappa shape index (κ2) is 8.70. The third-order valence-electron chi connectivity index (χ3n) is 4.99. The maximum atomic E-state index is 5.59. The Bertz CT molecular complexity index is 1100. The largest absolute Gasteiger partial charge is 0.497 e. The lowest BCUT2D eigenvalue weighted by Gasteiger charge is -2.14. The Morgan fingerprint density at radius 1 is 0.533 bits per heavy atom. The number of nitrogens with zero attached hydrogens (tertiary/aromatic N) is 1. The van der Waals surface area contributed by atoms with Crippen LogP contribution in [0.4, 0.5) is 0 Å². The van der Waals surface area contributed by atoms with Crippen molar-refractivity contribution in [1.29, 1.82) is 0 Å². The lowest BCUT2D eigenvalue weighted by Crippen LogP contribution is -1.95. The SMILES string of the molecule is COc1cccc(-c2cc(-c3ccccc3OC)nc(-c3ccccc3OC)c2)c1. The first-order chi connectivity index (χ1) is 14.7. The van der Waals surface area contributed by atoms with Crippen LogP contribution in [0.1, 0.15) is 0 Å². The number of hydrogen-bond donors (Lipinski definition) is 0. The van der Waals surface area contributed by atoms with E-state index < -0.39 is 0 Å². The maximum Gasteiger partial charge on any atom is 0.128 e. The second-order valence-corrected chi connectivity index (χ2v) is 6.76. The molecule has 4 rings (SSSR count). The van der Waals surface area contributed by atoms with Crippen molar-refractivity contribution in [3.63, 3.8) is 0 Å². The zero-order chi connectivity index (χ0) is 20.9. The fourth-order valence-electron chi connectivity index (χ4n) is 3.49. The molecule has 0 unspecified atom stereocenters. The molecule has 30 heavy (non-hydrogen) atoms. The van der Waals surface area contributed by atoms with Gasteiger partial charge in [0.15, 0.2) is 0 Å². The fourth-order valence-corrected chi connectivity index (χ4v) is 3.49. The number of methoxy groups -OCH3 is 3. The molecule has 4 nitrogen and oxygen atoms in total. The van der Waals surface area contributed by atoms with Gasteiger partial charge in [-0.05, 0) is 59.7 Å². The van der Waals surface area contributed by atoms with Gasteiger partial charge in [-0.3, -0.25) is 0 Å². The lowest BCUT2D eigenvalue weighted by atomic mass is 9.99. The van der Waals surface area contributed by atoms with Crippen molar-refractivity contribution in [3.8, 4) is 50.9 Å². The molecule has 1 aromatic heterocycles. The first-order valence-electron chi connectivity index (χ1n) is 9.67. The molecule has 0 aliphatic heterocycles. The number of hydrogen-bond acceptors (Lipinski definition) is 4. The Morgan fingerprint density at radius 3 is 1.63 bits per heavy atom. The Morgan fingerprint density at radius 2 is 1.10 bits per heavy atom. The first kappa shape index (κ1) is 19.5. The van der Waals surface area contributed by atoms with Crippen LogP contribution in [-0.4, -0.2) is 26.3 Å². The Hall–Kier alpha value is -3.79. The first-order valence-corrected chi connectivity index (χ1v) is 9.67. The molecule has 0 saturated carbocycles. The van der Waals surface area contributed by atoms with Crippen molar-refractivity contribution >= 4 is 0 Å². The van der Waals surface area contributed by atoms with Gasteiger partial charge < -0.3 is 14.2 Å². The van der Waals surface area contributed by atoms with Gasteiger partial charge in [0.1, 0.15) is 17.2 Å². The lowest BCUT2D eigenvalue weighted by molar-refractivity contribution is 0.415. The van der Waals surface area contributed by atoms with E-state index in [2.05, 4.69) is 18.2 Å². The van der Waals surface area contributed by atoms with Gasteiger partial charge in [0.05, 0.1) is 32.7 Å². The minimum absolute atomic E-state index is 0.777. The van der Waals surface area contributed by atoms with E-state index in [4.69, 9.17) is 19.2 Å². The van der Waals surface area contributed by atoms with Crippen molar-refractivity contribution in [3.05, 3.63) is 84.9 Å². The van der Waals surface area contributed by atoms with Gasteiger partial charge in [-0.25, -0.2) is 4.98 Å². The summed E-state index contributed by atoms with van der Waals surface area (Å²) < 4.78 is 16.6. The van der Waals surface area contributed by atoms with Crippen LogP contribution in [0.5, 0.6) is 17.2 Å². The molecule has 3 aromatic carbocycles. The smallest absolute Gasteiger partial charge is 0.128 e. The summed E-state index contributed by atoms with van der Waals surface area (Å²) in [5.74, 6) is 2.36. The van der Waals surface area contributed by atoms with Crippen LogP contribution in [0.3, 0.4) is 0 Å². The second-order valence-electron chi connectivity index (χ2n) is 6.76. The van der Waals surface area contributed by atoms with E-state index in [0.717, 1.165) is 50.9 Å². The minimum Gasteiger partial charge on any atom is -0.497 e. The molecule has 0 spiro atoms. The third-order valence-corrected chi connectivity index (χ3v) is 4.99. The highest BCUT2D eigenvalue weighted by Crippen LogP contribution is 2.37. The van der Waals surface area contributed by atoms with E-state index in [1.165, 1.54) is 0 Å². The summed E-state index contributed by atoms with van der Waals surface area (Å²) in [6.07, 6.45) is 0. The van der Waals surface area contributed by atoms with Crippen molar-refractivity contribution in [2.45, 2.75) is 0 Å². The van der Waals surface area contributed by atoms with Crippen LogP contribution in [0.2, 0.25) is 0 Å². The molecule has 4 heteroatoms. The van der Waals surface area contributed by atoms with Gasteiger partial charge in [0.25, 0.3) is 0 Å². The molecule has 0 radical (unpaired) electrons. The van der Waals surface area contributed by atoms with Crippen LogP contribution in [0, 0.1) is 0 Å². The molecule has 0 aliphatic carbocycles. The minimum atomic E-state index is 0.777. The highest BCUT2D eigenvalue weighted by Gasteiger charge is 2.14. The van der Waals surface area contributed by atoms with Crippen LogP contribution in [0.25, 0.3) is 33.6 Å². The number of ether oxygens (including phenoxy) is 3. The Kier molecular flexibility index (Phi) is 5.66. The van der Waals surface area contributed by atoms with E-state index in [0.29, 0.717) is 0 Å². The molecule has 0 bridgehead atoms. The van der Waals surface area contributed by atoms with Gasteiger partial charge in [-0.2, -0.15) is 0 Å². The van der Waals surface area contributed by atoms with Crippen LogP contribution >= 0.6 is 0 Å². The van der Waals surface area contributed by atoms with E-state index in [1.54, 1.807) is 21.3 Å². The van der Waals surface area contributed by atoms with Crippen LogP contribution in [-0.2, 0) is 0 Å². The monoisotopic (exact) mass is 397 g/mol. The van der Waals surface area contributed by atoms with Crippen molar-refractivity contribution in [1.82, 2.24) is 4.98 Å². The number of aromatic nitrogens is 1. The van der Waals surface area contributed by atoms with E-state index in [1.807, 2.05) is 66.7 Å². The van der Waals surface area contributed by atoms with Gasteiger partial charge in [-0.15, -0.1) is 0 Å².